The Hall–Kier alpha value is -2.36. The molecule has 0 aliphatic rings. The van der Waals surface area contributed by atoms with Crippen molar-refractivity contribution >= 4 is 27.3 Å². The molecule has 0 bridgehead atoms. The molecular formula is C19H15BrN2O2S. The molecule has 3 rings (SSSR count). The number of rotatable bonds is 5. The molecular weight excluding hydrogens is 400 g/mol. The molecule has 0 radical (unpaired) electrons. The summed E-state index contributed by atoms with van der Waals surface area (Å²) in [4.78, 5) is 4.64. The first-order valence-corrected chi connectivity index (χ1v) is 9.25. The van der Waals surface area contributed by atoms with E-state index in [1.807, 2.05) is 29.6 Å². The number of nitrogens with zero attached hydrogens (tertiary/aromatic N) is 2. The zero-order chi connectivity index (χ0) is 17.8. The van der Waals surface area contributed by atoms with Crippen LogP contribution in [0.5, 0.6) is 11.5 Å². The normalized spacial score (nSPS) is 11.7. The third-order valence-corrected chi connectivity index (χ3v) is 5.29. The van der Waals surface area contributed by atoms with Crippen LogP contribution in [0.15, 0.2) is 52.3 Å². The fraction of sp³-hybridized carbons (Fsp3) is 0.158. The average molecular weight is 415 g/mol. The van der Waals surface area contributed by atoms with E-state index in [9.17, 15) is 10.4 Å². The lowest BCUT2D eigenvalue weighted by Gasteiger charge is -2.09. The second kappa shape index (κ2) is 7.68. The zero-order valence-electron chi connectivity index (χ0n) is 13.4. The molecule has 1 atom stereocenters. The lowest BCUT2D eigenvalue weighted by molar-refractivity contribution is 0.373. The van der Waals surface area contributed by atoms with Gasteiger partial charge in [0.25, 0.3) is 0 Å². The summed E-state index contributed by atoms with van der Waals surface area (Å²) in [5.41, 5.74) is 2.81. The SMILES string of the molecule is COc1cc(CC(C#N)c2nc(-c3ccc(Br)cc3)cs2)ccc1O. The minimum Gasteiger partial charge on any atom is -0.504 e. The van der Waals surface area contributed by atoms with Crippen LogP contribution in [0.25, 0.3) is 11.3 Å². The first-order valence-electron chi connectivity index (χ1n) is 7.57. The summed E-state index contributed by atoms with van der Waals surface area (Å²) in [6, 6.07) is 15.4. The van der Waals surface area contributed by atoms with E-state index in [2.05, 4.69) is 27.0 Å². The highest BCUT2D eigenvalue weighted by Crippen LogP contribution is 2.32. The number of hydrogen-bond acceptors (Lipinski definition) is 5. The van der Waals surface area contributed by atoms with Crippen LogP contribution in [0.4, 0.5) is 0 Å². The Morgan fingerprint density at radius 2 is 2.04 bits per heavy atom. The Morgan fingerprint density at radius 1 is 1.28 bits per heavy atom. The van der Waals surface area contributed by atoms with E-state index in [1.54, 1.807) is 18.2 Å². The highest BCUT2D eigenvalue weighted by atomic mass is 79.9. The second-order valence-electron chi connectivity index (χ2n) is 5.47. The highest BCUT2D eigenvalue weighted by molar-refractivity contribution is 9.10. The third-order valence-electron chi connectivity index (χ3n) is 3.80. The van der Waals surface area contributed by atoms with Gasteiger partial charge in [-0.15, -0.1) is 11.3 Å². The van der Waals surface area contributed by atoms with Crippen LogP contribution in [-0.4, -0.2) is 17.2 Å². The molecule has 25 heavy (non-hydrogen) atoms. The van der Waals surface area contributed by atoms with Crippen molar-refractivity contribution in [3.8, 4) is 28.8 Å². The van der Waals surface area contributed by atoms with Gasteiger partial charge < -0.3 is 9.84 Å². The number of aromatic hydroxyl groups is 1. The number of methoxy groups -OCH3 is 1. The molecule has 3 aromatic rings. The van der Waals surface area contributed by atoms with Gasteiger partial charge in [-0.05, 0) is 36.2 Å². The van der Waals surface area contributed by atoms with Gasteiger partial charge >= 0.3 is 0 Å². The Labute approximate surface area is 158 Å². The van der Waals surface area contributed by atoms with Crippen LogP contribution in [0, 0.1) is 11.3 Å². The molecule has 0 aliphatic carbocycles. The van der Waals surface area contributed by atoms with Crippen molar-refractivity contribution in [1.82, 2.24) is 4.98 Å². The Balaban J connectivity index is 1.82. The molecule has 0 saturated heterocycles. The Morgan fingerprint density at radius 3 is 2.72 bits per heavy atom. The quantitative estimate of drug-likeness (QED) is 0.627. The van der Waals surface area contributed by atoms with Crippen LogP contribution in [0.2, 0.25) is 0 Å². The molecule has 0 fully saturated rings. The minimum atomic E-state index is -0.344. The van der Waals surface area contributed by atoms with Crippen molar-refractivity contribution in [2.24, 2.45) is 0 Å². The van der Waals surface area contributed by atoms with Crippen LogP contribution >= 0.6 is 27.3 Å². The van der Waals surface area contributed by atoms with E-state index < -0.39 is 0 Å². The molecule has 0 saturated carbocycles. The highest BCUT2D eigenvalue weighted by Gasteiger charge is 2.17. The number of phenols is 1. The molecule has 1 unspecified atom stereocenters. The van der Waals surface area contributed by atoms with Crippen molar-refractivity contribution in [2.75, 3.05) is 7.11 Å². The predicted octanol–water partition coefficient (Wildman–Crippen LogP) is 5.14. The topological polar surface area (TPSA) is 66.1 Å². The molecule has 4 nitrogen and oxygen atoms in total. The van der Waals surface area contributed by atoms with E-state index in [1.165, 1.54) is 18.4 Å². The summed E-state index contributed by atoms with van der Waals surface area (Å²) >= 11 is 4.91. The largest absolute Gasteiger partial charge is 0.504 e. The van der Waals surface area contributed by atoms with Gasteiger partial charge in [-0.1, -0.05) is 34.1 Å². The maximum Gasteiger partial charge on any atom is 0.160 e. The Bertz CT molecular complexity index is 916. The van der Waals surface area contributed by atoms with E-state index in [-0.39, 0.29) is 11.7 Å². The summed E-state index contributed by atoms with van der Waals surface area (Å²) in [6.45, 7) is 0. The smallest absolute Gasteiger partial charge is 0.160 e. The number of benzene rings is 2. The number of hydrogen-bond donors (Lipinski definition) is 1. The molecule has 6 heteroatoms. The van der Waals surface area contributed by atoms with E-state index in [0.717, 1.165) is 26.3 Å². The first kappa shape index (κ1) is 17.5. The van der Waals surface area contributed by atoms with Gasteiger partial charge in [0.05, 0.1) is 18.9 Å². The standard InChI is InChI=1S/C19H15BrN2O2S/c1-24-18-9-12(2-7-17(18)23)8-14(10-21)19-22-16(11-25-19)13-3-5-15(20)6-4-13/h2-7,9,11,14,23H,8H2,1H3. The van der Waals surface area contributed by atoms with Gasteiger partial charge in [-0.2, -0.15) is 5.26 Å². The maximum atomic E-state index is 9.69. The molecule has 1 heterocycles. The first-order chi connectivity index (χ1) is 12.1. The fourth-order valence-corrected chi connectivity index (χ4v) is 3.61. The van der Waals surface area contributed by atoms with Crippen LogP contribution in [0.3, 0.4) is 0 Å². The van der Waals surface area contributed by atoms with E-state index >= 15 is 0 Å². The second-order valence-corrected chi connectivity index (χ2v) is 7.28. The number of thiazole rings is 1. The summed E-state index contributed by atoms with van der Waals surface area (Å²) in [5, 5.41) is 22.0. The van der Waals surface area contributed by atoms with Crippen molar-refractivity contribution in [1.29, 1.82) is 5.26 Å². The average Bonchev–Trinajstić information content (AvgIpc) is 3.11. The van der Waals surface area contributed by atoms with Crippen molar-refractivity contribution in [3.63, 3.8) is 0 Å². The lowest BCUT2D eigenvalue weighted by Crippen LogP contribution is -2.00. The van der Waals surface area contributed by atoms with Crippen molar-refractivity contribution in [2.45, 2.75) is 12.3 Å². The monoisotopic (exact) mass is 414 g/mol. The molecule has 126 valence electrons. The molecule has 0 spiro atoms. The molecule has 1 N–H and O–H groups in total. The van der Waals surface area contributed by atoms with Crippen molar-refractivity contribution < 1.29 is 9.84 Å². The van der Waals surface area contributed by atoms with E-state index in [0.29, 0.717) is 12.2 Å². The van der Waals surface area contributed by atoms with Crippen LogP contribution in [-0.2, 0) is 6.42 Å². The maximum absolute atomic E-state index is 9.69. The lowest BCUT2D eigenvalue weighted by atomic mass is 10.0. The number of aromatic nitrogens is 1. The molecule has 2 aromatic carbocycles. The van der Waals surface area contributed by atoms with Crippen molar-refractivity contribution in [3.05, 3.63) is 62.9 Å². The number of phenolic OH excluding ortho intramolecular Hbond substituents is 1. The van der Waals surface area contributed by atoms with Gasteiger partial charge in [0.15, 0.2) is 11.5 Å². The fourth-order valence-electron chi connectivity index (χ4n) is 2.47. The molecule has 1 aromatic heterocycles. The van der Waals surface area contributed by atoms with Gasteiger partial charge in [0.1, 0.15) is 10.9 Å². The third kappa shape index (κ3) is 4.01. The summed E-state index contributed by atoms with van der Waals surface area (Å²) in [5.74, 6) is 0.152. The van der Waals surface area contributed by atoms with Gasteiger partial charge in [-0.3, -0.25) is 0 Å². The van der Waals surface area contributed by atoms with Crippen LogP contribution < -0.4 is 4.74 Å². The summed E-state index contributed by atoms with van der Waals surface area (Å²) < 4.78 is 6.14. The minimum absolute atomic E-state index is 0.0894. The summed E-state index contributed by atoms with van der Waals surface area (Å²) in [6.07, 6.45) is 0.514. The Kier molecular flexibility index (Phi) is 5.37. The number of halogens is 1. The predicted molar refractivity (Wildman–Crippen MR) is 102 cm³/mol. The zero-order valence-corrected chi connectivity index (χ0v) is 15.8. The van der Waals surface area contributed by atoms with Gasteiger partial charge in [0.2, 0.25) is 0 Å². The number of nitriles is 1. The van der Waals surface area contributed by atoms with Crippen LogP contribution in [0.1, 0.15) is 16.5 Å². The number of ether oxygens (including phenoxy) is 1. The van der Waals surface area contributed by atoms with E-state index in [4.69, 9.17) is 4.74 Å². The van der Waals surface area contributed by atoms with Gasteiger partial charge in [-0.25, -0.2) is 4.98 Å². The molecule has 0 amide bonds. The molecule has 0 aliphatic heterocycles. The summed E-state index contributed by atoms with van der Waals surface area (Å²) in [7, 11) is 1.51. The van der Waals surface area contributed by atoms with Gasteiger partial charge in [0, 0.05) is 15.4 Å².